The van der Waals surface area contributed by atoms with E-state index in [9.17, 15) is 9.59 Å². The largest absolute Gasteiger partial charge is 0.389 e. The molecule has 21 heavy (non-hydrogen) atoms. The number of aromatic amines is 1. The quantitative estimate of drug-likeness (QED) is 0.756. The first-order valence-electron chi connectivity index (χ1n) is 5.98. The Hall–Kier alpha value is -2.18. The van der Waals surface area contributed by atoms with E-state index in [4.69, 9.17) is 29.6 Å². The van der Waals surface area contributed by atoms with Crippen LogP contribution < -0.4 is 16.5 Å². The van der Waals surface area contributed by atoms with E-state index in [0.717, 1.165) is 0 Å². The van der Waals surface area contributed by atoms with Gasteiger partial charge in [0.25, 0.3) is 5.91 Å². The van der Waals surface area contributed by atoms with Gasteiger partial charge in [0.1, 0.15) is 10.6 Å². The first kappa shape index (κ1) is 15.2. The normalized spacial score (nSPS) is 10.2. The third-order valence-corrected chi connectivity index (χ3v) is 3.37. The molecule has 0 unspecified atom stereocenters. The van der Waals surface area contributed by atoms with Crippen LogP contribution in [0.25, 0.3) is 0 Å². The van der Waals surface area contributed by atoms with Crippen molar-refractivity contribution in [1.82, 2.24) is 4.98 Å². The van der Waals surface area contributed by atoms with Gasteiger partial charge in [-0.25, -0.2) is 0 Å². The van der Waals surface area contributed by atoms with Crippen LogP contribution in [0.3, 0.4) is 0 Å². The molecule has 4 N–H and O–H groups in total. The highest BCUT2D eigenvalue weighted by Gasteiger charge is 2.13. The number of H-pyrrole nitrogens is 1. The van der Waals surface area contributed by atoms with E-state index in [1.807, 2.05) is 0 Å². The van der Waals surface area contributed by atoms with Gasteiger partial charge in [0.2, 0.25) is 0 Å². The Morgan fingerprint density at radius 2 is 2.10 bits per heavy atom. The number of pyridine rings is 1. The van der Waals surface area contributed by atoms with Crippen molar-refractivity contribution < 1.29 is 4.79 Å². The van der Waals surface area contributed by atoms with E-state index in [1.165, 1.54) is 12.3 Å². The molecular formula is C14H12ClN3O2S. The van der Waals surface area contributed by atoms with Gasteiger partial charge in [0, 0.05) is 23.5 Å². The van der Waals surface area contributed by atoms with Crippen LogP contribution in [0.4, 0.5) is 5.69 Å². The SMILES string of the molecule is Cc1cc(=O)c(C(=O)Nc2cc(C(N)=S)ccc2Cl)c[nH]1. The predicted octanol–water partition coefficient (Wildman–Crippen LogP) is 2.22. The highest BCUT2D eigenvalue weighted by Crippen LogP contribution is 2.23. The summed E-state index contributed by atoms with van der Waals surface area (Å²) in [6.45, 7) is 1.73. The number of carbonyl (C=O) groups excluding carboxylic acids is 1. The first-order chi connectivity index (χ1) is 9.88. The number of nitrogens with one attached hydrogen (secondary N) is 2. The highest BCUT2D eigenvalue weighted by atomic mass is 35.5. The van der Waals surface area contributed by atoms with E-state index in [0.29, 0.717) is 22.0 Å². The molecule has 0 aliphatic rings. The molecule has 0 bridgehead atoms. The van der Waals surface area contributed by atoms with Gasteiger partial charge < -0.3 is 16.0 Å². The van der Waals surface area contributed by atoms with Gasteiger partial charge >= 0.3 is 0 Å². The Morgan fingerprint density at radius 1 is 1.38 bits per heavy atom. The molecule has 0 saturated carbocycles. The molecule has 0 aliphatic carbocycles. The van der Waals surface area contributed by atoms with Crippen molar-refractivity contribution in [3.8, 4) is 0 Å². The molecule has 1 amide bonds. The summed E-state index contributed by atoms with van der Waals surface area (Å²) in [6.07, 6.45) is 1.36. The smallest absolute Gasteiger partial charge is 0.261 e. The molecule has 5 nitrogen and oxygen atoms in total. The summed E-state index contributed by atoms with van der Waals surface area (Å²) in [5, 5.41) is 2.90. The lowest BCUT2D eigenvalue weighted by molar-refractivity contribution is 0.102. The molecule has 0 saturated heterocycles. The minimum atomic E-state index is -0.557. The monoisotopic (exact) mass is 321 g/mol. The minimum Gasteiger partial charge on any atom is -0.389 e. The maximum Gasteiger partial charge on any atom is 0.261 e. The number of nitrogens with two attached hydrogens (primary N) is 1. The predicted molar refractivity (Wildman–Crippen MR) is 87.1 cm³/mol. The van der Waals surface area contributed by atoms with Crippen molar-refractivity contribution in [3.63, 3.8) is 0 Å². The fraction of sp³-hybridized carbons (Fsp3) is 0.0714. The van der Waals surface area contributed by atoms with Crippen LogP contribution in [0.15, 0.2) is 35.3 Å². The van der Waals surface area contributed by atoms with Gasteiger partial charge in [-0.3, -0.25) is 9.59 Å². The molecule has 0 fully saturated rings. The van der Waals surface area contributed by atoms with Gasteiger partial charge in [-0.2, -0.15) is 0 Å². The summed E-state index contributed by atoms with van der Waals surface area (Å²) in [7, 11) is 0. The van der Waals surface area contributed by atoms with Gasteiger partial charge in [-0.15, -0.1) is 0 Å². The van der Waals surface area contributed by atoms with Crippen molar-refractivity contribution in [2.75, 3.05) is 5.32 Å². The molecule has 1 aromatic heterocycles. The van der Waals surface area contributed by atoms with Gasteiger partial charge in [-0.1, -0.05) is 29.9 Å². The Labute approximate surface area is 131 Å². The van der Waals surface area contributed by atoms with Gasteiger partial charge in [0.15, 0.2) is 5.43 Å². The van der Waals surface area contributed by atoms with Crippen molar-refractivity contribution in [2.24, 2.45) is 5.73 Å². The summed E-state index contributed by atoms with van der Waals surface area (Å²) < 4.78 is 0. The summed E-state index contributed by atoms with van der Waals surface area (Å²) >= 11 is 10.9. The van der Waals surface area contributed by atoms with E-state index >= 15 is 0 Å². The molecular weight excluding hydrogens is 310 g/mol. The van der Waals surface area contributed by atoms with E-state index < -0.39 is 5.91 Å². The number of rotatable bonds is 3. The topological polar surface area (TPSA) is 88.0 Å². The van der Waals surface area contributed by atoms with Crippen LogP contribution in [0.1, 0.15) is 21.6 Å². The Morgan fingerprint density at radius 3 is 2.71 bits per heavy atom. The molecule has 0 aliphatic heterocycles. The van der Waals surface area contributed by atoms with E-state index in [-0.39, 0.29) is 16.0 Å². The van der Waals surface area contributed by atoms with Crippen LogP contribution in [0, 0.1) is 6.92 Å². The molecule has 2 aromatic rings. The number of aromatic nitrogens is 1. The van der Waals surface area contributed by atoms with Crippen LogP contribution in [-0.2, 0) is 0 Å². The zero-order valence-electron chi connectivity index (χ0n) is 11.1. The molecule has 1 aromatic carbocycles. The highest BCUT2D eigenvalue weighted by molar-refractivity contribution is 7.80. The van der Waals surface area contributed by atoms with Crippen molar-refractivity contribution in [3.05, 3.63) is 62.5 Å². The summed E-state index contributed by atoms with van der Waals surface area (Å²) in [6, 6.07) is 6.14. The number of benzene rings is 1. The first-order valence-corrected chi connectivity index (χ1v) is 6.77. The Balaban J connectivity index is 2.33. The third-order valence-electron chi connectivity index (χ3n) is 2.80. The van der Waals surface area contributed by atoms with Crippen LogP contribution in [0.5, 0.6) is 0 Å². The van der Waals surface area contributed by atoms with Crippen molar-refractivity contribution >= 4 is 40.4 Å². The van der Waals surface area contributed by atoms with E-state index in [1.54, 1.807) is 25.1 Å². The lowest BCUT2D eigenvalue weighted by atomic mass is 10.2. The van der Waals surface area contributed by atoms with Crippen LogP contribution >= 0.6 is 23.8 Å². The number of carbonyl (C=O) groups is 1. The lowest BCUT2D eigenvalue weighted by Gasteiger charge is -2.09. The molecule has 2 rings (SSSR count). The van der Waals surface area contributed by atoms with Gasteiger partial charge in [0.05, 0.1) is 10.7 Å². The number of hydrogen-bond donors (Lipinski definition) is 3. The summed E-state index contributed by atoms with van der Waals surface area (Å²) in [5.41, 5.74) is 6.75. The standard InChI is InChI=1S/C14H12ClN3O2S/c1-7-4-12(19)9(6-17-7)14(20)18-11-5-8(13(16)21)2-3-10(11)15/h2-6H,1H3,(H2,16,21)(H,17,19)(H,18,20). The summed E-state index contributed by atoms with van der Waals surface area (Å²) in [4.78, 5) is 26.9. The number of halogens is 1. The van der Waals surface area contributed by atoms with Crippen molar-refractivity contribution in [1.29, 1.82) is 0 Å². The van der Waals surface area contributed by atoms with Crippen molar-refractivity contribution in [2.45, 2.75) is 6.92 Å². The second kappa shape index (κ2) is 6.07. The summed E-state index contributed by atoms with van der Waals surface area (Å²) in [5.74, 6) is -0.557. The number of thiocarbonyl (C=S) groups is 1. The minimum absolute atomic E-state index is 0.00241. The maximum atomic E-state index is 12.1. The lowest BCUT2D eigenvalue weighted by Crippen LogP contribution is -2.22. The number of aryl methyl sites for hydroxylation is 1. The second-order valence-corrected chi connectivity index (χ2v) is 5.25. The van der Waals surface area contributed by atoms with Crippen LogP contribution in [-0.4, -0.2) is 15.9 Å². The Kier molecular flexibility index (Phi) is 4.40. The molecule has 1 heterocycles. The molecule has 0 atom stereocenters. The van der Waals surface area contributed by atoms with E-state index in [2.05, 4.69) is 10.3 Å². The number of anilines is 1. The molecule has 7 heteroatoms. The number of hydrogen-bond acceptors (Lipinski definition) is 3. The number of amides is 1. The Bertz CT molecular complexity index is 786. The molecule has 0 spiro atoms. The fourth-order valence-electron chi connectivity index (χ4n) is 1.71. The average molecular weight is 322 g/mol. The van der Waals surface area contributed by atoms with Gasteiger partial charge in [-0.05, 0) is 19.1 Å². The molecule has 108 valence electrons. The second-order valence-electron chi connectivity index (χ2n) is 4.41. The fourth-order valence-corrected chi connectivity index (χ4v) is 2.01. The third kappa shape index (κ3) is 3.48. The van der Waals surface area contributed by atoms with Crippen LogP contribution in [0.2, 0.25) is 5.02 Å². The maximum absolute atomic E-state index is 12.1. The molecule has 0 radical (unpaired) electrons. The zero-order chi connectivity index (χ0) is 15.6. The average Bonchev–Trinajstić information content (AvgIpc) is 2.40. The zero-order valence-corrected chi connectivity index (χ0v) is 12.6.